The Labute approximate surface area is 184 Å². The van der Waals surface area contributed by atoms with E-state index in [1.165, 1.54) is 33.5 Å². The van der Waals surface area contributed by atoms with Gasteiger partial charge in [0.25, 0.3) is 0 Å². The van der Waals surface area contributed by atoms with E-state index in [4.69, 9.17) is 14.2 Å². The number of aromatic carboxylic acids is 2. The molecule has 0 unspecified atom stereocenters. The maximum Gasteiger partial charge on any atom is 0.336 e. The molecule has 0 fully saturated rings. The van der Waals surface area contributed by atoms with Crippen LogP contribution in [0.15, 0.2) is 54.6 Å². The third kappa shape index (κ3) is 4.67. The summed E-state index contributed by atoms with van der Waals surface area (Å²) in [5.74, 6) is -1.52. The summed E-state index contributed by atoms with van der Waals surface area (Å²) in [7, 11) is 4.44. The molecule has 0 aliphatic carbocycles. The van der Waals surface area contributed by atoms with Crippen molar-refractivity contribution >= 4 is 34.7 Å². The highest BCUT2D eigenvalue weighted by Gasteiger charge is 2.21. The number of carboxylic acids is 2. The van der Waals surface area contributed by atoms with Crippen molar-refractivity contribution in [1.82, 2.24) is 0 Å². The highest BCUT2D eigenvalue weighted by Crippen LogP contribution is 2.41. The van der Waals surface area contributed by atoms with E-state index < -0.39 is 11.9 Å². The predicted molar refractivity (Wildman–Crippen MR) is 119 cm³/mol. The fourth-order valence-corrected chi connectivity index (χ4v) is 3.15. The van der Waals surface area contributed by atoms with Crippen LogP contribution in [0, 0.1) is 0 Å². The number of carboxylic acid groups (broad SMARTS) is 2. The second kappa shape index (κ2) is 9.61. The number of carbonyl (C=O) groups is 2. The minimum Gasteiger partial charge on any atom is -0.493 e. The molecule has 0 radical (unpaired) electrons. The molecular weight excluding hydrogens is 416 g/mol. The quantitative estimate of drug-likeness (QED) is 0.379. The van der Waals surface area contributed by atoms with Crippen LogP contribution >= 0.6 is 0 Å². The molecule has 3 rings (SSSR count). The van der Waals surface area contributed by atoms with Gasteiger partial charge in [0.2, 0.25) is 5.75 Å². The third-order valence-electron chi connectivity index (χ3n) is 4.62. The molecule has 0 heterocycles. The van der Waals surface area contributed by atoms with Crippen LogP contribution in [0.2, 0.25) is 0 Å². The zero-order chi connectivity index (χ0) is 23.3. The summed E-state index contributed by atoms with van der Waals surface area (Å²) in [6.45, 7) is 0. The molecule has 9 nitrogen and oxygen atoms in total. The predicted octanol–water partition coefficient (Wildman–Crippen LogP) is 4.60. The van der Waals surface area contributed by atoms with Crippen molar-refractivity contribution in [3.8, 4) is 17.2 Å². The van der Waals surface area contributed by atoms with Gasteiger partial charge in [-0.1, -0.05) is 18.2 Å². The maximum absolute atomic E-state index is 11.7. The van der Waals surface area contributed by atoms with E-state index in [1.807, 2.05) is 18.2 Å². The first-order valence-electron chi connectivity index (χ1n) is 9.41. The van der Waals surface area contributed by atoms with Gasteiger partial charge in [0.05, 0.1) is 43.8 Å². The Balaban J connectivity index is 2.14. The second-order valence-electron chi connectivity index (χ2n) is 6.58. The second-order valence-corrected chi connectivity index (χ2v) is 6.58. The van der Waals surface area contributed by atoms with E-state index in [1.54, 1.807) is 24.3 Å². The topological polar surface area (TPSA) is 126 Å². The Morgan fingerprint density at radius 3 is 1.56 bits per heavy atom. The number of anilines is 4. The SMILES string of the molecule is COc1cc(Nc2cc(C(=O)O)c(C(=O)O)cc2Nc2ccccc2)cc(OC)c1OC. The van der Waals surface area contributed by atoms with Gasteiger partial charge in [-0.25, -0.2) is 9.59 Å². The van der Waals surface area contributed by atoms with Crippen LogP contribution in [-0.2, 0) is 0 Å². The minimum atomic E-state index is -1.36. The summed E-state index contributed by atoms with van der Waals surface area (Å²) in [6, 6.07) is 14.9. The molecule has 3 aromatic carbocycles. The number of para-hydroxylation sites is 1. The first-order chi connectivity index (χ1) is 15.4. The van der Waals surface area contributed by atoms with Gasteiger partial charge in [-0.05, 0) is 24.3 Å². The van der Waals surface area contributed by atoms with Crippen molar-refractivity contribution in [2.24, 2.45) is 0 Å². The Morgan fingerprint density at radius 1 is 0.688 bits per heavy atom. The van der Waals surface area contributed by atoms with E-state index in [0.29, 0.717) is 40.0 Å². The average molecular weight is 438 g/mol. The first-order valence-corrected chi connectivity index (χ1v) is 9.41. The van der Waals surface area contributed by atoms with Crippen LogP contribution in [0.5, 0.6) is 17.2 Å². The lowest BCUT2D eigenvalue weighted by molar-refractivity contribution is 0.0651. The normalized spacial score (nSPS) is 10.2. The Morgan fingerprint density at radius 2 is 1.16 bits per heavy atom. The summed E-state index contributed by atoms with van der Waals surface area (Å²) >= 11 is 0. The lowest BCUT2D eigenvalue weighted by Gasteiger charge is -2.18. The molecule has 9 heteroatoms. The molecule has 0 bridgehead atoms. The molecule has 0 aromatic heterocycles. The standard InChI is InChI=1S/C23H22N2O7/c1-30-19-9-14(10-20(31-2)21(19)32-3)25-18-12-16(23(28)29)15(22(26)27)11-17(18)24-13-7-5-4-6-8-13/h4-12,24-25H,1-3H3,(H,26,27)(H,28,29). The van der Waals surface area contributed by atoms with E-state index in [-0.39, 0.29) is 11.1 Å². The first kappa shape index (κ1) is 22.3. The molecule has 0 aliphatic rings. The fraction of sp³-hybridized carbons (Fsp3) is 0.130. The summed E-state index contributed by atoms with van der Waals surface area (Å²) < 4.78 is 16.1. The zero-order valence-corrected chi connectivity index (χ0v) is 17.6. The zero-order valence-electron chi connectivity index (χ0n) is 17.6. The van der Waals surface area contributed by atoms with Gasteiger partial charge in [0.15, 0.2) is 11.5 Å². The number of nitrogens with one attached hydrogen (secondary N) is 2. The van der Waals surface area contributed by atoms with Gasteiger partial charge in [0.1, 0.15) is 0 Å². The van der Waals surface area contributed by atoms with Crippen molar-refractivity contribution in [2.45, 2.75) is 0 Å². The van der Waals surface area contributed by atoms with Crippen molar-refractivity contribution in [3.63, 3.8) is 0 Å². The molecule has 0 atom stereocenters. The number of ether oxygens (including phenoxy) is 3. The van der Waals surface area contributed by atoms with Crippen molar-refractivity contribution in [1.29, 1.82) is 0 Å². The van der Waals surface area contributed by atoms with Crippen LogP contribution in [-0.4, -0.2) is 43.5 Å². The average Bonchev–Trinajstić information content (AvgIpc) is 2.79. The highest BCUT2D eigenvalue weighted by molar-refractivity contribution is 6.04. The molecule has 3 aromatic rings. The highest BCUT2D eigenvalue weighted by atomic mass is 16.5. The van der Waals surface area contributed by atoms with Crippen LogP contribution in [0.25, 0.3) is 0 Å². The fourth-order valence-electron chi connectivity index (χ4n) is 3.15. The van der Waals surface area contributed by atoms with Crippen LogP contribution in [0.4, 0.5) is 22.7 Å². The Kier molecular flexibility index (Phi) is 6.69. The number of methoxy groups -OCH3 is 3. The molecule has 0 saturated carbocycles. The van der Waals surface area contributed by atoms with E-state index in [2.05, 4.69) is 10.6 Å². The summed E-state index contributed by atoms with van der Waals surface area (Å²) in [5, 5.41) is 25.3. The van der Waals surface area contributed by atoms with Gasteiger partial charge < -0.3 is 35.1 Å². The van der Waals surface area contributed by atoms with Crippen molar-refractivity contribution in [3.05, 3.63) is 65.7 Å². The lowest BCUT2D eigenvalue weighted by Crippen LogP contribution is -2.10. The molecule has 32 heavy (non-hydrogen) atoms. The minimum absolute atomic E-state index is 0.338. The number of hydrogen-bond donors (Lipinski definition) is 4. The van der Waals surface area contributed by atoms with Gasteiger partial charge in [0, 0.05) is 23.5 Å². The molecule has 0 spiro atoms. The van der Waals surface area contributed by atoms with Gasteiger partial charge >= 0.3 is 11.9 Å². The smallest absolute Gasteiger partial charge is 0.336 e. The molecule has 4 N–H and O–H groups in total. The summed E-state index contributed by atoms with van der Waals surface area (Å²) in [6.07, 6.45) is 0. The molecule has 0 saturated heterocycles. The van der Waals surface area contributed by atoms with E-state index in [0.717, 1.165) is 0 Å². The molecule has 0 aliphatic heterocycles. The van der Waals surface area contributed by atoms with Gasteiger partial charge in [-0.2, -0.15) is 0 Å². The molecule has 166 valence electrons. The monoisotopic (exact) mass is 438 g/mol. The largest absolute Gasteiger partial charge is 0.493 e. The van der Waals surface area contributed by atoms with Crippen LogP contribution in [0.3, 0.4) is 0 Å². The number of hydrogen-bond acceptors (Lipinski definition) is 7. The Bertz CT molecular complexity index is 1120. The van der Waals surface area contributed by atoms with E-state index in [9.17, 15) is 19.8 Å². The van der Waals surface area contributed by atoms with Crippen LogP contribution in [0.1, 0.15) is 20.7 Å². The maximum atomic E-state index is 11.7. The summed E-state index contributed by atoms with van der Waals surface area (Å²) in [5.41, 5.74) is 1.21. The van der Waals surface area contributed by atoms with E-state index >= 15 is 0 Å². The van der Waals surface area contributed by atoms with Crippen molar-refractivity contribution < 1.29 is 34.0 Å². The Hall–Kier alpha value is -4.40. The number of rotatable bonds is 9. The lowest BCUT2D eigenvalue weighted by atomic mass is 10.0. The van der Waals surface area contributed by atoms with Crippen molar-refractivity contribution in [2.75, 3.05) is 32.0 Å². The molecule has 0 amide bonds. The van der Waals surface area contributed by atoms with Crippen LogP contribution < -0.4 is 24.8 Å². The summed E-state index contributed by atoms with van der Waals surface area (Å²) in [4.78, 5) is 23.4. The molecular formula is C23H22N2O7. The third-order valence-corrected chi connectivity index (χ3v) is 4.62. The number of benzene rings is 3. The van der Waals surface area contributed by atoms with Gasteiger partial charge in [-0.3, -0.25) is 0 Å². The van der Waals surface area contributed by atoms with Gasteiger partial charge in [-0.15, -0.1) is 0 Å².